The lowest BCUT2D eigenvalue weighted by molar-refractivity contribution is 0.216. The van der Waals surface area contributed by atoms with Crippen molar-refractivity contribution >= 4 is 0 Å². The highest BCUT2D eigenvalue weighted by molar-refractivity contribution is 5.33. The van der Waals surface area contributed by atoms with Gasteiger partial charge in [-0.2, -0.15) is 5.26 Å². The molecule has 0 bridgehead atoms. The zero-order valence-corrected chi connectivity index (χ0v) is 11.9. The molecule has 0 fully saturated rings. The van der Waals surface area contributed by atoms with Gasteiger partial charge in [-0.15, -0.1) is 0 Å². The molecule has 1 aliphatic rings. The minimum atomic E-state index is -0.208. The molecule has 0 saturated heterocycles. The Hall–Kier alpha value is -1.53. The maximum Gasteiger partial charge on any atom is 0.123 e. The van der Waals surface area contributed by atoms with Gasteiger partial charge in [0.1, 0.15) is 12.4 Å². The molecule has 0 aliphatic carbocycles. The average Bonchev–Trinajstić information content (AvgIpc) is 2.60. The lowest BCUT2D eigenvalue weighted by Gasteiger charge is -2.21. The van der Waals surface area contributed by atoms with Gasteiger partial charge in [0.05, 0.1) is 11.5 Å². The minimum absolute atomic E-state index is 0.208. The molecule has 1 heterocycles. The van der Waals surface area contributed by atoms with E-state index in [1.165, 1.54) is 5.56 Å². The lowest BCUT2D eigenvalue weighted by Crippen LogP contribution is -2.27. The van der Waals surface area contributed by atoms with E-state index >= 15 is 0 Å². The summed E-state index contributed by atoms with van der Waals surface area (Å²) in [6.07, 6.45) is 2.01. The summed E-state index contributed by atoms with van der Waals surface area (Å²) in [7, 11) is 0. The molecule has 0 atom stereocenters. The number of hydrogen-bond donors (Lipinski definition) is 0. The van der Waals surface area contributed by atoms with Crippen LogP contribution in [0.1, 0.15) is 32.3 Å². The van der Waals surface area contributed by atoms with Gasteiger partial charge in [0.25, 0.3) is 0 Å². The predicted octanol–water partition coefficient (Wildman–Crippen LogP) is 3.21. The van der Waals surface area contributed by atoms with Crippen molar-refractivity contribution < 1.29 is 4.74 Å². The first kappa shape index (κ1) is 13.9. The third-order valence-corrected chi connectivity index (χ3v) is 3.61. The molecule has 2 rings (SSSR count). The Morgan fingerprint density at radius 2 is 2.16 bits per heavy atom. The lowest BCUT2D eigenvalue weighted by atomic mass is 9.90. The zero-order chi connectivity index (χ0) is 13.7. The molecule has 0 unspecified atom stereocenters. The number of fused-ring (bicyclic) bond motifs is 1. The fourth-order valence-corrected chi connectivity index (χ4v) is 2.37. The van der Waals surface area contributed by atoms with Crippen LogP contribution < -0.4 is 4.74 Å². The number of ether oxygens (including phenoxy) is 1. The van der Waals surface area contributed by atoms with E-state index in [1.807, 2.05) is 26.0 Å². The molecule has 0 saturated carbocycles. The molecule has 1 aromatic carbocycles. The second kappa shape index (κ2) is 6.08. The van der Waals surface area contributed by atoms with Crippen molar-refractivity contribution in [3.05, 3.63) is 29.8 Å². The summed E-state index contributed by atoms with van der Waals surface area (Å²) in [5.41, 5.74) is 1.06. The third kappa shape index (κ3) is 3.97. The molecule has 0 spiro atoms. The van der Waals surface area contributed by atoms with Gasteiger partial charge in [0.2, 0.25) is 0 Å². The van der Waals surface area contributed by atoms with Crippen molar-refractivity contribution in [1.82, 2.24) is 4.90 Å². The van der Waals surface area contributed by atoms with E-state index in [9.17, 15) is 0 Å². The van der Waals surface area contributed by atoms with Gasteiger partial charge < -0.3 is 4.74 Å². The van der Waals surface area contributed by atoms with Crippen LogP contribution in [0.2, 0.25) is 0 Å². The summed E-state index contributed by atoms with van der Waals surface area (Å²) in [6, 6.07) is 10.6. The fraction of sp³-hybridized carbons (Fsp3) is 0.562. The topological polar surface area (TPSA) is 36.3 Å². The maximum atomic E-state index is 9.02. The van der Waals surface area contributed by atoms with Crippen molar-refractivity contribution in [2.75, 3.05) is 19.7 Å². The first-order chi connectivity index (χ1) is 9.11. The van der Waals surface area contributed by atoms with E-state index in [1.54, 1.807) is 0 Å². The summed E-state index contributed by atoms with van der Waals surface area (Å²) < 4.78 is 5.75. The molecule has 0 radical (unpaired) electrons. The van der Waals surface area contributed by atoms with Gasteiger partial charge in [-0.05, 0) is 39.3 Å². The van der Waals surface area contributed by atoms with Crippen molar-refractivity contribution in [2.24, 2.45) is 5.41 Å². The van der Waals surface area contributed by atoms with Crippen LogP contribution >= 0.6 is 0 Å². The number of hydrogen-bond acceptors (Lipinski definition) is 3. The largest absolute Gasteiger partial charge is 0.492 e. The standard InChI is InChI=1S/C16H22N2O/c1-16(2,13-17)8-5-9-18-10-11-19-15-7-4-3-6-14(15)12-18/h3-4,6-7H,5,8-12H2,1-2H3. The van der Waals surface area contributed by atoms with Gasteiger partial charge in [-0.25, -0.2) is 0 Å². The van der Waals surface area contributed by atoms with Crippen LogP contribution in [0.4, 0.5) is 0 Å². The van der Waals surface area contributed by atoms with Crippen LogP contribution in [0.3, 0.4) is 0 Å². The molecular weight excluding hydrogens is 236 g/mol. The van der Waals surface area contributed by atoms with E-state index in [0.717, 1.165) is 44.8 Å². The van der Waals surface area contributed by atoms with E-state index in [4.69, 9.17) is 10.00 Å². The van der Waals surface area contributed by atoms with Crippen molar-refractivity contribution in [3.8, 4) is 11.8 Å². The normalized spacial score (nSPS) is 16.1. The third-order valence-electron chi connectivity index (χ3n) is 3.61. The second-order valence-corrected chi connectivity index (χ2v) is 5.83. The van der Waals surface area contributed by atoms with Gasteiger partial charge in [-0.1, -0.05) is 18.2 Å². The Kier molecular flexibility index (Phi) is 4.44. The average molecular weight is 258 g/mol. The molecule has 1 aliphatic heterocycles. The first-order valence-electron chi connectivity index (χ1n) is 6.95. The van der Waals surface area contributed by atoms with E-state index in [2.05, 4.69) is 23.1 Å². The van der Waals surface area contributed by atoms with Gasteiger partial charge in [-0.3, -0.25) is 4.90 Å². The molecule has 0 amide bonds. The fourth-order valence-electron chi connectivity index (χ4n) is 2.37. The summed E-state index contributed by atoms with van der Waals surface area (Å²) >= 11 is 0. The Labute approximate surface area is 115 Å². The number of nitriles is 1. The molecular formula is C16H22N2O. The van der Waals surface area contributed by atoms with E-state index in [0.29, 0.717) is 0 Å². The number of para-hydroxylation sites is 1. The summed E-state index contributed by atoms with van der Waals surface area (Å²) in [5, 5.41) is 9.02. The molecule has 19 heavy (non-hydrogen) atoms. The highest BCUT2D eigenvalue weighted by Crippen LogP contribution is 2.24. The van der Waals surface area contributed by atoms with Crippen LogP contribution in [0.5, 0.6) is 5.75 Å². The van der Waals surface area contributed by atoms with Gasteiger partial charge >= 0.3 is 0 Å². The molecule has 0 aromatic heterocycles. The molecule has 1 aromatic rings. The Morgan fingerprint density at radius 3 is 2.95 bits per heavy atom. The number of nitrogens with zero attached hydrogens (tertiary/aromatic N) is 2. The van der Waals surface area contributed by atoms with Crippen molar-refractivity contribution in [1.29, 1.82) is 5.26 Å². The van der Waals surface area contributed by atoms with Crippen LogP contribution in [0.15, 0.2) is 24.3 Å². The Morgan fingerprint density at radius 1 is 1.37 bits per heavy atom. The highest BCUT2D eigenvalue weighted by atomic mass is 16.5. The quantitative estimate of drug-likeness (QED) is 0.832. The monoisotopic (exact) mass is 258 g/mol. The van der Waals surface area contributed by atoms with Crippen molar-refractivity contribution in [3.63, 3.8) is 0 Å². The van der Waals surface area contributed by atoms with Crippen LogP contribution in [0, 0.1) is 16.7 Å². The molecule has 102 valence electrons. The van der Waals surface area contributed by atoms with E-state index < -0.39 is 0 Å². The zero-order valence-electron chi connectivity index (χ0n) is 11.9. The van der Waals surface area contributed by atoms with Crippen LogP contribution in [-0.4, -0.2) is 24.6 Å². The SMILES string of the molecule is CC(C)(C#N)CCCN1CCOc2ccccc2C1. The molecule has 0 N–H and O–H groups in total. The Balaban J connectivity index is 1.88. The van der Waals surface area contributed by atoms with Crippen molar-refractivity contribution in [2.45, 2.75) is 33.2 Å². The first-order valence-corrected chi connectivity index (χ1v) is 6.95. The number of benzene rings is 1. The smallest absolute Gasteiger partial charge is 0.123 e. The summed E-state index contributed by atoms with van der Waals surface area (Å²) in [6.45, 7) is 7.70. The summed E-state index contributed by atoms with van der Waals surface area (Å²) in [5.74, 6) is 1.02. The summed E-state index contributed by atoms with van der Waals surface area (Å²) in [4.78, 5) is 2.42. The van der Waals surface area contributed by atoms with Crippen LogP contribution in [0.25, 0.3) is 0 Å². The maximum absolute atomic E-state index is 9.02. The molecule has 3 heteroatoms. The Bertz CT molecular complexity index is 462. The molecule has 3 nitrogen and oxygen atoms in total. The van der Waals surface area contributed by atoms with Gasteiger partial charge in [0, 0.05) is 18.7 Å². The van der Waals surface area contributed by atoms with Crippen LogP contribution in [-0.2, 0) is 6.54 Å². The highest BCUT2D eigenvalue weighted by Gasteiger charge is 2.18. The second-order valence-electron chi connectivity index (χ2n) is 5.83. The minimum Gasteiger partial charge on any atom is -0.492 e. The predicted molar refractivity (Wildman–Crippen MR) is 75.8 cm³/mol. The van der Waals surface area contributed by atoms with E-state index in [-0.39, 0.29) is 5.41 Å². The number of rotatable bonds is 4. The van der Waals surface area contributed by atoms with Gasteiger partial charge in [0.15, 0.2) is 0 Å².